The van der Waals surface area contributed by atoms with Crippen molar-refractivity contribution in [1.82, 2.24) is 0 Å². The molecule has 7 aromatic rings. The molecule has 0 bridgehead atoms. The van der Waals surface area contributed by atoms with Crippen molar-refractivity contribution >= 4 is 44.8 Å². The number of hydrogen-bond donors (Lipinski definition) is 1. The van der Waals surface area contributed by atoms with Crippen LogP contribution in [-0.2, 0) is 6.54 Å². The van der Waals surface area contributed by atoms with E-state index in [1.54, 1.807) is 6.07 Å². The molecule has 0 saturated carbocycles. The number of primary amides is 1. The summed E-state index contributed by atoms with van der Waals surface area (Å²) in [6.45, 7) is 0.764. The summed E-state index contributed by atoms with van der Waals surface area (Å²) in [4.78, 5) is 11.5. The zero-order valence-electron chi connectivity index (χ0n) is 31.1. The van der Waals surface area contributed by atoms with Crippen LogP contribution in [0.5, 0.6) is 0 Å². The van der Waals surface area contributed by atoms with Gasteiger partial charge in [0.1, 0.15) is 52.7 Å². The molecule has 24 heteroatoms. The number of fused-ring (bicyclic) bond motifs is 1. The predicted octanol–water partition coefficient (Wildman–Crippen LogP) is 8.12. The fourth-order valence-corrected chi connectivity index (χ4v) is 7.31. The molecule has 1 heterocycles. The van der Waals surface area contributed by atoms with Crippen molar-refractivity contribution in [2.24, 2.45) is 5.73 Å². The molecule has 0 aliphatic heterocycles. The van der Waals surface area contributed by atoms with E-state index in [0.29, 0.717) is 5.56 Å². The smallest absolute Gasteiger partial charge is 0.249 e. The lowest BCUT2D eigenvalue weighted by Gasteiger charge is -2.44. The number of benzene rings is 6. The van der Waals surface area contributed by atoms with E-state index in [2.05, 4.69) is 16.7 Å². The molecule has 65 heavy (non-hydrogen) atoms. The van der Waals surface area contributed by atoms with Crippen molar-refractivity contribution in [2.75, 3.05) is 0 Å². The van der Waals surface area contributed by atoms with Crippen molar-refractivity contribution in [1.29, 1.82) is 0 Å². The highest BCUT2D eigenvalue weighted by atomic mass is 19.2. The topological polar surface area (TPSA) is 47.0 Å². The Balaban J connectivity index is 0.000000289. The summed E-state index contributed by atoms with van der Waals surface area (Å²) >= 11 is 0. The number of halogens is 20. The van der Waals surface area contributed by atoms with E-state index in [0.717, 1.165) is 17.4 Å². The van der Waals surface area contributed by atoms with E-state index in [4.69, 9.17) is 5.73 Å². The molecule has 0 fully saturated rings. The van der Waals surface area contributed by atoms with Gasteiger partial charge in [0.15, 0.2) is 82.5 Å². The Bertz CT molecular complexity index is 2730. The largest absolute Gasteiger partial charge is 0.366 e. The van der Waals surface area contributed by atoms with Gasteiger partial charge >= 0.3 is 0 Å². The van der Waals surface area contributed by atoms with E-state index < -0.39 is 150 Å². The number of amides is 1. The lowest BCUT2D eigenvalue weighted by Crippen LogP contribution is -2.81. The third-order valence-electron chi connectivity index (χ3n) is 10.1. The third-order valence-corrected chi connectivity index (χ3v) is 10.1. The van der Waals surface area contributed by atoms with E-state index in [1.165, 1.54) is 5.56 Å². The molecular weight excluding hydrogens is 927 g/mol. The molecule has 0 spiro atoms. The van der Waals surface area contributed by atoms with Crippen LogP contribution in [-0.4, -0.2) is 12.1 Å². The Morgan fingerprint density at radius 2 is 0.692 bits per heavy atom. The van der Waals surface area contributed by atoms with Gasteiger partial charge in [0.2, 0.25) is 11.4 Å². The lowest BCUT2D eigenvalue weighted by atomic mass is 9.12. The van der Waals surface area contributed by atoms with E-state index in [-0.39, 0.29) is 0 Å². The molecule has 7 rings (SSSR count). The summed E-state index contributed by atoms with van der Waals surface area (Å²) in [6, 6.07) is 19.7. The number of nitrogens with two attached hydrogens (primary N) is 1. The van der Waals surface area contributed by atoms with Crippen LogP contribution in [0.3, 0.4) is 0 Å². The number of pyridine rings is 1. The second kappa shape index (κ2) is 17.4. The summed E-state index contributed by atoms with van der Waals surface area (Å²) in [6.07, 6.45) is -5.20. The Hall–Kier alpha value is -7.14. The average Bonchev–Trinajstić information content (AvgIpc) is 3.29. The average molecular weight is 942 g/mol. The number of nitrogens with zero attached hydrogens (tertiary/aromatic N) is 1. The van der Waals surface area contributed by atoms with Gasteiger partial charge in [-0.25, -0.2) is 87.8 Å². The second-order valence-corrected chi connectivity index (χ2v) is 13.5. The molecule has 1 amide bonds. The van der Waals surface area contributed by atoms with Crippen LogP contribution in [0, 0.1) is 116 Å². The van der Waals surface area contributed by atoms with Crippen LogP contribution in [0.4, 0.5) is 87.8 Å². The van der Waals surface area contributed by atoms with Gasteiger partial charge in [0, 0.05) is 17.7 Å². The molecule has 0 radical (unpaired) electrons. The SMILES string of the molecule is Fc1c(F)c(F)c([B-](c2c(F)c(F)c(F)c(F)c2F)(c2c(F)c(F)c(F)c(F)c2F)c2c(F)c(F)c(F)c(F)c2F)c(F)c1F.NC(=O)c1cccc2c1ccc[n+]2Cc1ccccc1. The molecule has 3 nitrogen and oxygen atoms in total. The van der Waals surface area contributed by atoms with Crippen molar-refractivity contribution in [2.45, 2.75) is 6.54 Å². The van der Waals surface area contributed by atoms with Gasteiger partial charge in [0.05, 0.1) is 10.9 Å². The monoisotopic (exact) mass is 942 g/mol. The molecule has 1 aromatic heterocycles. The van der Waals surface area contributed by atoms with Gasteiger partial charge < -0.3 is 5.73 Å². The highest BCUT2D eigenvalue weighted by Crippen LogP contribution is 2.31. The summed E-state index contributed by atoms with van der Waals surface area (Å²) in [7, 11) is 0. The number of aromatic nitrogens is 1. The number of carbonyl (C=O) groups excluding carboxylic acids is 1. The normalized spacial score (nSPS) is 11.6. The molecular formula is C41H15BF20N2O. The first-order valence-electron chi connectivity index (χ1n) is 17.4. The summed E-state index contributed by atoms with van der Waals surface area (Å²) in [5.74, 6) is -71.8. The summed E-state index contributed by atoms with van der Waals surface area (Å²) in [5.41, 5.74) is -6.11. The Kier molecular flexibility index (Phi) is 12.7. The second-order valence-electron chi connectivity index (χ2n) is 13.5. The first-order chi connectivity index (χ1) is 30.5. The number of carbonyl (C=O) groups is 1. The van der Waals surface area contributed by atoms with Gasteiger partial charge in [0.25, 0.3) is 0 Å². The molecule has 6 aromatic carbocycles. The van der Waals surface area contributed by atoms with Crippen molar-refractivity contribution in [3.05, 3.63) is 194 Å². The Morgan fingerprint density at radius 3 is 1.00 bits per heavy atom. The highest BCUT2D eigenvalue weighted by molar-refractivity contribution is 7.20. The summed E-state index contributed by atoms with van der Waals surface area (Å²) in [5, 5.41) is 0.887. The van der Waals surface area contributed by atoms with E-state index >= 15 is 35.1 Å². The van der Waals surface area contributed by atoms with Crippen LogP contribution in [0.1, 0.15) is 15.9 Å². The fraction of sp³-hybridized carbons (Fsp3) is 0.0244. The lowest BCUT2D eigenvalue weighted by molar-refractivity contribution is -0.662. The predicted molar refractivity (Wildman–Crippen MR) is 187 cm³/mol. The van der Waals surface area contributed by atoms with Crippen LogP contribution in [0.25, 0.3) is 10.9 Å². The van der Waals surface area contributed by atoms with Gasteiger partial charge in [-0.2, -0.15) is 4.57 Å². The Labute approximate surface area is 348 Å². The molecule has 0 aliphatic carbocycles. The quantitative estimate of drug-likeness (QED) is 0.0568. The van der Waals surface area contributed by atoms with Crippen LogP contribution < -0.4 is 32.2 Å². The van der Waals surface area contributed by atoms with Crippen LogP contribution >= 0.6 is 0 Å². The minimum atomic E-state index is -7.22. The molecule has 0 saturated heterocycles. The van der Waals surface area contributed by atoms with Crippen molar-refractivity contribution < 1.29 is 97.2 Å². The standard InChI is InChI=1S/C24BF20.C17H14N2O/c26-5-1(6(27)14(35)21(42)13(5)34)25(2-7(28)15(36)22(43)16(37)8(2)29,3-9(30)17(38)23(44)18(39)10(3)31)4-11(32)19(40)24(45)20(41)12(4)33;18-17(20)15-8-4-10-16-14(15)9-5-11-19(16)12-13-6-2-1-3-7-13/h;1-11H,12H2,(H-,18,20)/q-1;/p+1. The highest BCUT2D eigenvalue weighted by Gasteiger charge is 2.52. The fourth-order valence-electron chi connectivity index (χ4n) is 7.31. The van der Waals surface area contributed by atoms with Crippen molar-refractivity contribution in [3.63, 3.8) is 0 Å². The minimum Gasteiger partial charge on any atom is -0.366 e. The maximum atomic E-state index is 15.4. The molecule has 2 N–H and O–H groups in total. The third kappa shape index (κ3) is 7.33. The van der Waals surface area contributed by atoms with Crippen LogP contribution in [0.2, 0.25) is 0 Å². The maximum absolute atomic E-state index is 15.4. The number of rotatable bonds is 7. The van der Waals surface area contributed by atoms with E-state index in [9.17, 15) is 57.5 Å². The minimum absolute atomic E-state index is 0.395. The first-order valence-corrected chi connectivity index (χ1v) is 17.4. The first kappa shape index (κ1) is 47.3. The summed E-state index contributed by atoms with van der Waals surface area (Å²) < 4.78 is 296. The van der Waals surface area contributed by atoms with Crippen LogP contribution in [0.15, 0.2) is 66.9 Å². The molecule has 0 unspecified atom stereocenters. The molecule has 0 atom stereocenters. The zero-order chi connectivity index (χ0) is 48.3. The van der Waals surface area contributed by atoms with Gasteiger partial charge in [-0.05, 0) is 12.1 Å². The van der Waals surface area contributed by atoms with Gasteiger partial charge in [-0.15, -0.1) is 21.9 Å². The molecule has 0 aliphatic rings. The molecule has 338 valence electrons. The number of hydrogen-bond acceptors (Lipinski definition) is 1. The van der Waals surface area contributed by atoms with Gasteiger partial charge in [-0.1, -0.05) is 36.4 Å². The van der Waals surface area contributed by atoms with Gasteiger partial charge in [-0.3, -0.25) is 4.79 Å². The Morgan fingerprint density at radius 1 is 0.385 bits per heavy atom. The maximum Gasteiger partial charge on any atom is 0.249 e. The van der Waals surface area contributed by atoms with E-state index in [1.807, 2.05) is 48.7 Å². The van der Waals surface area contributed by atoms with Crippen molar-refractivity contribution in [3.8, 4) is 0 Å². The zero-order valence-corrected chi connectivity index (χ0v) is 31.1.